The van der Waals surface area contributed by atoms with E-state index >= 15 is 0 Å². The van der Waals surface area contributed by atoms with Crippen molar-refractivity contribution in [2.75, 3.05) is 10.6 Å². The van der Waals surface area contributed by atoms with Gasteiger partial charge in [0, 0.05) is 17.8 Å². The average Bonchev–Trinajstić information content (AvgIpc) is 2.91. The summed E-state index contributed by atoms with van der Waals surface area (Å²) in [7, 11) is 0. The molecule has 0 bridgehead atoms. The minimum Gasteiger partial charge on any atom is -0.444 e. The van der Waals surface area contributed by atoms with E-state index in [2.05, 4.69) is 10.6 Å². The number of hydrogen-bond acceptors (Lipinski definition) is 3. The van der Waals surface area contributed by atoms with E-state index in [9.17, 15) is 9.59 Å². The molecular formula is C18H26N2O3. The second-order valence-corrected chi connectivity index (χ2v) is 7.11. The van der Waals surface area contributed by atoms with Crippen molar-refractivity contribution in [1.82, 2.24) is 0 Å². The normalized spacial score (nSPS) is 15.3. The van der Waals surface area contributed by atoms with Gasteiger partial charge in [0.2, 0.25) is 5.91 Å². The third kappa shape index (κ3) is 6.30. The molecule has 0 heterocycles. The lowest BCUT2D eigenvalue weighted by Crippen LogP contribution is -2.27. The van der Waals surface area contributed by atoms with Gasteiger partial charge in [0.1, 0.15) is 5.60 Å². The van der Waals surface area contributed by atoms with Crippen LogP contribution in [0.15, 0.2) is 24.3 Å². The van der Waals surface area contributed by atoms with E-state index in [1.165, 1.54) is 12.8 Å². The molecule has 1 aromatic carbocycles. The van der Waals surface area contributed by atoms with Crippen molar-refractivity contribution in [3.05, 3.63) is 24.3 Å². The largest absolute Gasteiger partial charge is 0.444 e. The molecule has 0 atom stereocenters. The molecule has 1 aliphatic rings. The van der Waals surface area contributed by atoms with Crippen LogP contribution in [0, 0.1) is 5.92 Å². The predicted molar refractivity (Wildman–Crippen MR) is 91.5 cm³/mol. The Balaban J connectivity index is 1.81. The number of benzene rings is 1. The molecule has 1 aliphatic carbocycles. The lowest BCUT2D eigenvalue weighted by atomic mass is 10.0. The molecule has 0 aromatic heterocycles. The van der Waals surface area contributed by atoms with Crippen LogP contribution in [0.3, 0.4) is 0 Å². The van der Waals surface area contributed by atoms with Gasteiger partial charge in [-0.3, -0.25) is 10.1 Å². The van der Waals surface area contributed by atoms with Crippen molar-refractivity contribution < 1.29 is 14.3 Å². The Morgan fingerprint density at radius 3 is 2.09 bits per heavy atom. The maximum absolute atomic E-state index is 12.0. The highest BCUT2D eigenvalue weighted by Crippen LogP contribution is 2.27. The van der Waals surface area contributed by atoms with Crippen molar-refractivity contribution in [3.8, 4) is 0 Å². The number of rotatable bonds is 4. The molecule has 5 heteroatoms. The fourth-order valence-electron chi connectivity index (χ4n) is 2.75. The SMILES string of the molecule is CC(C)(C)OC(=O)Nc1ccc(NC(=O)CC2CCCC2)cc1. The van der Waals surface area contributed by atoms with Crippen molar-refractivity contribution in [3.63, 3.8) is 0 Å². The molecule has 2 N–H and O–H groups in total. The first-order valence-electron chi connectivity index (χ1n) is 8.22. The summed E-state index contributed by atoms with van der Waals surface area (Å²) in [6.07, 6.45) is 4.90. The first kappa shape index (κ1) is 17.3. The summed E-state index contributed by atoms with van der Waals surface area (Å²) in [5.74, 6) is 0.591. The van der Waals surface area contributed by atoms with Crippen LogP contribution in [0.1, 0.15) is 52.9 Å². The zero-order chi connectivity index (χ0) is 16.9. The van der Waals surface area contributed by atoms with Gasteiger partial charge in [-0.1, -0.05) is 12.8 Å². The molecular weight excluding hydrogens is 292 g/mol. The third-order valence-electron chi connectivity index (χ3n) is 3.76. The summed E-state index contributed by atoms with van der Waals surface area (Å²) in [4.78, 5) is 23.7. The smallest absolute Gasteiger partial charge is 0.412 e. The Bertz CT molecular complexity index is 540. The molecule has 5 nitrogen and oxygen atoms in total. The molecule has 2 rings (SSSR count). The molecule has 0 saturated heterocycles. The number of ether oxygens (including phenoxy) is 1. The molecule has 2 amide bonds. The maximum Gasteiger partial charge on any atom is 0.412 e. The fourth-order valence-corrected chi connectivity index (χ4v) is 2.75. The lowest BCUT2D eigenvalue weighted by Gasteiger charge is -2.19. The molecule has 0 unspecified atom stereocenters. The Hall–Kier alpha value is -2.04. The topological polar surface area (TPSA) is 67.4 Å². The highest BCUT2D eigenvalue weighted by Gasteiger charge is 2.18. The summed E-state index contributed by atoms with van der Waals surface area (Å²) in [5.41, 5.74) is 0.842. The van der Waals surface area contributed by atoms with Gasteiger partial charge < -0.3 is 10.1 Å². The van der Waals surface area contributed by atoms with Crippen LogP contribution in [0.25, 0.3) is 0 Å². The Morgan fingerprint density at radius 1 is 1.04 bits per heavy atom. The van der Waals surface area contributed by atoms with Gasteiger partial charge in [0.05, 0.1) is 0 Å². The average molecular weight is 318 g/mol. The van der Waals surface area contributed by atoms with Crippen molar-refractivity contribution in [2.45, 2.75) is 58.5 Å². The summed E-state index contributed by atoms with van der Waals surface area (Å²) < 4.78 is 5.19. The Labute approximate surface area is 137 Å². The van der Waals surface area contributed by atoms with Crippen LogP contribution in [0.5, 0.6) is 0 Å². The first-order chi connectivity index (χ1) is 10.8. The van der Waals surface area contributed by atoms with Crippen molar-refractivity contribution in [1.29, 1.82) is 0 Å². The molecule has 126 valence electrons. The predicted octanol–water partition coefficient (Wildman–Crippen LogP) is 4.55. The van der Waals surface area contributed by atoms with E-state index in [-0.39, 0.29) is 5.91 Å². The molecule has 0 aliphatic heterocycles. The number of amides is 2. The van der Waals surface area contributed by atoms with Crippen LogP contribution >= 0.6 is 0 Å². The van der Waals surface area contributed by atoms with Gasteiger partial charge in [-0.15, -0.1) is 0 Å². The van der Waals surface area contributed by atoms with E-state index in [4.69, 9.17) is 4.74 Å². The fraction of sp³-hybridized carbons (Fsp3) is 0.556. The first-order valence-corrected chi connectivity index (χ1v) is 8.22. The molecule has 0 radical (unpaired) electrons. The van der Waals surface area contributed by atoms with Gasteiger partial charge in [0.15, 0.2) is 0 Å². The van der Waals surface area contributed by atoms with Crippen molar-refractivity contribution in [2.24, 2.45) is 5.92 Å². The molecule has 23 heavy (non-hydrogen) atoms. The number of carbonyl (C=O) groups is 2. The van der Waals surface area contributed by atoms with Gasteiger partial charge in [0.25, 0.3) is 0 Å². The number of anilines is 2. The summed E-state index contributed by atoms with van der Waals surface area (Å²) in [6, 6.07) is 7.04. The van der Waals surface area contributed by atoms with Gasteiger partial charge in [-0.25, -0.2) is 4.79 Å². The number of nitrogens with one attached hydrogen (secondary N) is 2. The van der Waals surface area contributed by atoms with Crippen LogP contribution < -0.4 is 10.6 Å². The highest BCUT2D eigenvalue weighted by molar-refractivity contribution is 5.91. The summed E-state index contributed by atoms with van der Waals surface area (Å²) >= 11 is 0. The maximum atomic E-state index is 12.0. The van der Waals surface area contributed by atoms with E-state index in [0.717, 1.165) is 18.5 Å². The van der Waals surface area contributed by atoms with Crippen LogP contribution in [0.2, 0.25) is 0 Å². The van der Waals surface area contributed by atoms with E-state index in [1.807, 2.05) is 20.8 Å². The highest BCUT2D eigenvalue weighted by atomic mass is 16.6. The van der Waals surface area contributed by atoms with E-state index in [0.29, 0.717) is 18.0 Å². The van der Waals surface area contributed by atoms with Crippen molar-refractivity contribution >= 4 is 23.4 Å². The zero-order valence-corrected chi connectivity index (χ0v) is 14.1. The second kappa shape index (κ2) is 7.49. The Kier molecular flexibility index (Phi) is 5.64. The minimum atomic E-state index is -0.530. The quantitative estimate of drug-likeness (QED) is 0.855. The third-order valence-corrected chi connectivity index (χ3v) is 3.76. The molecule has 1 fully saturated rings. The molecule has 0 spiro atoms. The molecule has 1 aromatic rings. The van der Waals surface area contributed by atoms with Crippen LogP contribution in [-0.4, -0.2) is 17.6 Å². The lowest BCUT2D eigenvalue weighted by molar-refractivity contribution is -0.117. The van der Waals surface area contributed by atoms with Gasteiger partial charge in [-0.05, 0) is 63.8 Å². The van der Waals surface area contributed by atoms with Crippen LogP contribution in [0.4, 0.5) is 16.2 Å². The van der Waals surface area contributed by atoms with E-state index in [1.54, 1.807) is 24.3 Å². The second-order valence-electron chi connectivity index (χ2n) is 7.11. The number of carbonyl (C=O) groups excluding carboxylic acids is 2. The van der Waals surface area contributed by atoms with Crippen LogP contribution in [-0.2, 0) is 9.53 Å². The number of hydrogen-bond donors (Lipinski definition) is 2. The summed E-state index contributed by atoms with van der Waals surface area (Å²) in [6.45, 7) is 5.45. The standard InChI is InChI=1S/C18H26N2O3/c1-18(2,3)23-17(22)20-15-10-8-14(9-11-15)19-16(21)12-13-6-4-5-7-13/h8-11,13H,4-7,12H2,1-3H3,(H,19,21)(H,20,22). The van der Waals surface area contributed by atoms with Gasteiger partial charge >= 0.3 is 6.09 Å². The monoisotopic (exact) mass is 318 g/mol. The minimum absolute atomic E-state index is 0.0600. The van der Waals surface area contributed by atoms with E-state index < -0.39 is 11.7 Å². The molecule has 1 saturated carbocycles. The van der Waals surface area contributed by atoms with Gasteiger partial charge in [-0.2, -0.15) is 0 Å². The summed E-state index contributed by atoms with van der Waals surface area (Å²) in [5, 5.41) is 5.57. The zero-order valence-electron chi connectivity index (χ0n) is 14.1. The Morgan fingerprint density at radius 2 is 1.57 bits per heavy atom.